The molecule has 96 valence electrons. The van der Waals surface area contributed by atoms with Gasteiger partial charge in [0.25, 0.3) is 0 Å². The number of rotatable bonds is 6. The summed E-state index contributed by atoms with van der Waals surface area (Å²) in [7, 11) is 0. The Morgan fingerprint density at radius 2 is 1.71 bits per heavy atom. The maximum Gasteiger partial charge on any atom is 0.318 e. The molecule has 0 aliphatic heterocycles. The monoisotopic (exact) mass is 239 g/mol. The van der Waals surface area contributed by atoms with E-state index in [2.05, 4.69) is 5.32 Å². The third-order valence-corrected chi connectivity index (χ3v) is 4.06. The first kappa shape index (κ1) is 12.4. The third-order valence-electron chi connectivity index (χ3n) is 4.06. The van der Waals surface area contributed by atoms with E-state index in [1.807, 2.05) is 0 Å². The SMILES string of the molecule is CC(C)(C(=O)O)C(=O)NCC(C1CC1)C1CC1. The highest BCUT2D eigenvalue weighted by Gasteiger charge is 2.42. The van der Waals surface area contributed by atoms with E-state index in [1.54, 1.807) is 0 Å². The Morgan fingerprint density at radius 1 is 1.24 bits per heavy atom. The van der Waals surface area contributed by atoms with Crippen molar-refractivity contribution in [3.8, 4) is 0 Å². The number of hydrogen-bond donors (Lipinski definition) is 2. The molecule has 0 aromatic carbocycles. The molecule has 0 saturated heterocycles. The number of carboxylic acids is 1. The van der Waals surface area contributed by atoms with Crippen LogP contribution in [0.4, 0.5) is 0 Å². The summed E-state index contributed by atoms with van der Waals surface area (Å²) in [4.78, 5) is 22.7. The van der Waals surface area contributed by atoms with Crippen molar-refractivity contribution in [3.63, 3.8) is 0 Å². The number of aliphatic carboxylic acids is 1. The van der Waals surface area contributed by atoms with Crippen LogP contribution in [0.1, 0.15) is 39.5 Å². The van der Waals surface area contributed by atoms with Gasteiger partial charge in [-0.15, -0.1) is 0 Å². The summed E-state index contributed by atoms with van der Waals surface area (Å²) in [5.41, 5.74) is -1.32. The van der Waals surface area contributed by atoms with Crippen molar-refractivity contribution < 1.29 is 14.7 Å². The summed E-state index contributed by atoms with van der Waals surface area (Å²) in [5.74, 6) is 0.704. The van der Waals surface area contributed by atoms with Crippen molar-refractivity contribution in [1.82, 2.24) is 5.32 Å². The Balaban J connectivity index is 1.84. The van der Waals surface area contributed by atoms with E-state index < -0.39 is 11.4 Å². The largest absolute Gasteiger partial charge is 0.480 e. The highest BCUT2D eigenvalue weighted by molar-refractivity contribution is 6.00. The molecule has 0 heterocycles. The minimum Gasteiger partial charge on any atom is -0.480 e. The molecule has 2 rings (SSSR count). The van der Waals surface area contributed by atoms with Gasteiger partial charge < -0.3 is 10.4 Å². The average Bonchev–Trinajstić information content (AvgIpc) is 3.11. The topological polar surface area (TPSA) is 66.4 Å². The lowest BCUT2D eigenvalue weighted by Crippen LogP contribution is -2.44. The van der Waals surface area contributed by atoms with E-state index >= 15 is 0 Å². The number of nitrogens with one attached hydrogen (secondary N) is 1. The zero-order valence-electron chi connectivity index (χ0n) is 10.5. The van der Waals surface area contributed by atoms with Gasteiger partial charge in [-0.1, -0.05) is 0 Å². The number of carboxylic acid groups (broad SMARTS) is 1. The Labute approximate surface area is 102 Å². The zero-order valence-corrected chi connectivity index (χ0v) is 10.5. The molecule has 0 bridgehead atoms. The molecule has 0 spiro atoms. The van der Waals surface area contributed by atoms with Gasteiger partial charge >= 0.3 is 5.97 Å². The first-order valence-electron chi connectivity index (χ1n) is 6.44. The lowest BCUT2D eigenvalue weighted by Gasteiger charge is -2.22. The van der Waals surface area contributed by atoms with Crippen molar-refractivity contribution >= 4 is 11.9 Å². The summed E-state index contributed by atoms with van der Waals surface area (Å²) in [6.45, 7) is 3.56. The standard InChI is InChI=1S/C13H21NO3/c1-13(2,12(16)17)11(15)14-7-10(8-3-4-8)9-5-6-9/h8-10H,3-7H2,1-2H3,(H,14,15)(H,16,17). The molecule has 2 saturated carbocycles. The van der Waals surface area contributed by atoms with E-state index in [1.165, 1.54) is 39.5 Å². The number of carbonyl (C=O) groups is 2. The summed E-state index contributed by atoms with van der Waals surface area (Å²) in [6, 6.07) is 0. The van der Waals surface area contributed by atoms with E-state index in [0.717, 1.165) is 11.8 Å². The summed E-state index contributed by atoms with van der Waals surface area (Å²) in [6.07, 6.45) is 5.11. The lowest BCUT2D eigenvalue weighted by atomic mass is 9.91. The van der Waals surface area contributed by atoms with Crippen LogP contribution in [0.2, 0.25) is 0 Å². The minimum absolute atomic E-state index is 0.365. The van der Waals surface area contributed by atoms with Crippen LogP contribution in [-0.2, 0) is 9.59 Å². The summed E-state index contributed by atoms with van der Waals surface area (Å²) < 4.78 is 0. The molecular weight excluding hydrogens is 218 g/mol. The van der Waals surface area contributed by atoms with Crippen LogP contribution >= 0.6 is 0 Å². The Bertz CT molecular complexity index is 318. The van der Waals surface area contributed by atoms with Gasteiger partial charge in [-0.05, 0) is 57.3 Å². The van der Waals surface area contributed by atoms with Gasteiger partial charge in [0.2, 0.25) is 5.91 Å². The molecule has 0 aromatic rings. The predicted molar refractivity (Wildman–Crippen MR) is 63.4 cm³/mol. The Hall–Kier alpha value is -1.06. The lowest BCUT2D eigenvalue weighted by molar-refractivity contribution is -0.153. The van der Waals surface area contributed by atoms with Gasteiger partial charge in [0.15, 0.2) is 0 Å². The van der Waals surface area contributed by atoms with Crippen LogP contribution in [0.5, 0.6) is 0 Å². The van der Waals surface area contributed by atoms with Gasteiger partial charge in [-0.2, -0.15) is 0 Å². The van der Waals surface area contributed by atoms with Crippen LogP contribution in [0.25, 0.3) is 0 Å². The predicted octanol–water partition coefficient (Wildman–Crippen LogP) is 1.65. The molecule has 0 atom stereocenters. The van der Waals surface area contributed by atoms with Crippen molar-refractivity contribution in [3.05, 3.63) is 0 Å². The molecule has 2 fully saturated rings. The van der Waals surface area contributed by atoms with Crippen LogP contribution in [0, 0.1) is 23.2 Å². The molecule has 2 aliphatic rings. The second kappa shape index (κ2) is 4.31. The molecule has 4 heteroatoms. The summed E-state index contributed by atoms with van der Waals surface area (Å²) in [5, 5.41) is 11.8. The molecule has 0 unspecified atom stereocenters. The molecule has 2 aliphatic carbocycles. The maximum absolute atomic E-state index is 11.8. The smallest absolute Gasteiger partial charge is 0.318 e. The van der Waals surface area contributed by atoms with E-state index in [4.69, 9.17) is 5.11 Å². The zero-order chi connectivity index (χ0) is 12.6. The molecule has 17 heavy (non-hydrogen) atoms. The van der Waals surface area contributed by atoms with Crippen molar-refractivity contribution in [1.29, 1.82) is 0 Å². The normalized spacial score (nSPS) is 20.4. The molecular formula is C13H21NO3. The van der Waals surface area contributed by atoms with Crippen LogP contribution in [0.3, 0.4) is 0 Å². The minimum atomic E-state index is -1.32. The van der Waals surface area contributed by atoms with Gasteiger partial charge in [0, 0.05) is 6.54 Å². The first-order chi connectivity index (χ1) is 7.93. The molecule has 0 aromatic heterocycles. The molecule has 1 amide bonds. The Morgan fingerprint density at radius 3 is 2.06 bits per heavy atom. The van der Waals surface area contributed by atoms with Gasteiger partial charge in [0.1, 0.15) is 5.41 Å². The molecule has 2 N–H and O–H groups in total. The molecule has 0 radical (unpaired) electrons. The molecule has 4 nitrogen and oxygen atoms in total. The fraction of sp³-hybridized carbons (Fsp3) is 0.846. The van der Waals surface area contributed by atoms with E-state index in [-0.39, 0.29) is 5.91 Å². The highest BCUT2D eigenvalue weighted by Crippen LogP contribution is 2.48. The van der Waals surface area contributed by atoms with Crippen LogP contribution in [-0.4, -0.2) is 23.5 Å². The van der Waals surface area contributed by atoms with Crippen molar-refractivity contribution in [2.45, 2.75) is 39.5 Å². The second-order valence-electron chi connectivity index (χ2n) is 5.98. The Kier molecular flexibility index (Phi) is 3.15. The van der Waals surface area contributed by atoms with Crippen molar-refractivity contribution in [2.75, 3.05) is 6.54 Å². The fourth-order valence-electron chi connectivity index (χ4n) is 2.30. The highest BCUT2D eigenvalue weighted by atomic mass is 16.4. The van der Waals surface area contributed by atoms with E-state index in [9.17, 15) is 9.59 Å². The number of carbonyl (C=O) groups excluding carboxylic acids is 1. The van der Waals surface area contributed by atoms with Crippen LogP contribution in [0.15, 0.2) is 0 Å². The van der Waals surface area contributed by atoms with Gasteiger partial charge in [0.05, 0.1) is 0 Å². The summed E-state index contributed by atoms with van der Waals surface area (Å²) >= 11 is 0. The van der Waals surface area contributed by atoms with Crippen LogP contribution < -0.4 is 5.32 Å². The number of hydrogen-bond acceptors (Lipinski definition) is 2. The van der Waals surface area contributed by atoms with Crippen molar-refractivity contribution in [2.24, 2.45) is 23.2 Å². The van der Waals surface area contributed by atoms with Gasteiger partial charge in [-0.3, -0.25) is 9.59 Å². The third kappa shape index (κ3) is 2.79. The van der Waals surface area contributed by atoms with Gasteiger partial charge in [-0.25, -0.2) is 0 Å². The number of amides is 1. The van der Waals surface area contributed by atoms with E-state index in [0.29, 0.717) is 12.5 Å². The second-order valence-corrected chi connectivity index (χ2v) is 5.98. The first-order valence-corrected chi connectivity index (χ1v) is 6.44. The maximum atomic E-state index is 11.8. The fourth-order valence-corrected chi connectivity index (χ4v) is 2.30. The average molecular weight is 239 g/mol. The quantitative estimate of drug-likeness (QED) is 0.693.